The molecule has 1 fully saturated rings. The van der Waals surface area contributed by atoms with Crippen molar-refractivity contribution in [2.45, 2.75) is 111 Å². The number of rotatable bonds is 18. The van der Waals surface area contributed by atoms with Gasteiger partial charge in [-0.3, -0.25) is 4.18 Å². The molecule has 0 aliphatic carbocycles. The lowest BCUT2D eigenvalue weighted by molar-refractivity contribution is -0.908. The van der Waals surface area contributed by atoms with Crippen LogP contribution in [0.2, 0.25) is 0 Å². The molecule has 0 aromatic heterocycles. The van der Waals surface area contributed by atoms with Gasteiger partial charge in [-0.1, -0.05) is 90.9 Å². The van der Waals surface area contributed by atoms with Crippen molar-refractivity contribution in [3.05, 3.63) is 0 Å². The first-order valence-corrected chi connectivity index (χ1v) is 14.3. The molecular weight excluding hydrogens is 414 g/mol. The zero-order chi connectivity index (χ0) is 23.2. The highest BCUT2D eigenvalue weighted by molar-refractivity contribution is 7.80. The fraction of sp³-hybridized carbons (Fsp3) is 1.00. The summed E-state index contributed by atoms with van der Waals surface area (Å²) in [5, 5.41) is 0. The fourth-order valence-corrected chi connectivity index (χ4v) is 4.46. The maximum absolute atomic E-state index is 9.45. The largest absolute Gasteiger partial charge is 0.726 e. The Kier molecular flexibility index (Phi) is 21.5. The summed E-state index contributed by atoms with van der Waals surface area (Å²) in [6.07, 6.45) is 20.3. The van der Waals surface area contributed by atoms with Gasteiger partial charge >= 0.3 is 0 Å². The van der Waals surface area contributed by atoms with Crippen molar-refractivity contribution in [2.75, 3.05) is 39.5 Å². The van der Waals surface area contributed by atoms with E-state index < -0.39 is 10.4 Å². The Balaban J connectivity index is 0.00000110. The molecule has 1 heterocycles. The van der Waals surface area contributed by atoms with Crippen LogP contribution in [0, 0.1) is 5.92 Å². The molecule has 188 valence electrons. The second-order valence-electron chi connectivity index (χ2n) is 8.81. The van der Waals surface area contributed by atoms with Gasteiger partial charge in [0.2, 0.25) is 10.4 Å². The minimum absolute atomic E-state index is 0.0914. The third-order valence-corrected chi connectivity index (χ3v) is 6.67. The molecule has 1 unspecified atom stereocenters. The number of morpholine rings is 1. The smallest absolute Gasteiger partial charge is 0.217 e. The predicted octanol–water partition coefficient (Wildman–Crippen LogP) is 4.50. The molecule has 0 amide bonds. The van der Waals surface area contributed by atoms with Crippen LogP contribution in [-0.2, 0) is 19.3 Å². The van der Waals surface area contributed by atoms with Crippen molar-refractivity contribution < 1.29 is 26.8 Å². The van der Waals surface area contributed by atoms with Crippen LogP contribution in [0.15, 0.2) is 0 Å². The molecule has 31 heavy (non-hydrogen) atoms. The maximum atomic E-state index is 9.45. The summed E-state index contributed by atoms with van der Waals surface area (Å²) < 4.78 is 37.5. The first-order chi connectivity index (χ1) is 14.9. The monoisotopic (exact) mass is 465 g/mol. The standard InChI is InChI=1S/C22H45NO.C2H6O4S/c1-3-5-6-7-8-9-10-11-12-13-15-22(4-2)16-14-17-23-18-20-24-21-19-23;1-2-6-7(3,4)5/h22H,3-21H2,1-2H3;2H2,1H3,(H,3,4,5). The Bertz CT molecular complexity index is 467. The van der Waals surface area contributed by atoms with Crippen LogP contribution in [-0.4, -0.2) is 52.4 Å². The quantitative estimate of drug-likeness (QED) is 0.183. The highest BCUT2D eigenvalue weighted by atomic mass is 32.3. The lowest BCUT2D eigenvalue weighted by Gasteiger charge is -2.24. The predicted molar refractivity (Wildman–Crippen MR) is 127 cm³/mol. The van der Waals surface area contributed by atoms with E-state index >= 15 is 0 Å². The van der Waals surface area contributed by atoms with Crippen LogP contribution in [0.1, 0.15) is 111 Å². The van der Waals surface area contributed by atoms with Crippen LogP contribution in [0.4, 0.5) is 0 Å². The number of hydrogen-bond acceptors (Lipinski definition) is 5. The van der Waals surface area contributed by atoms with E-state index in [0.717, 1.165) is 19.1 Å². The molecule has 0 spiro atoms. The topological polar surface area (TPSA) is 80.1 Å². The third kappa shape index (κ3) is 22.8. The highest BCUT2D eigenvalue weighted by Crippen LogP contribution is 2.19. The van der Waals surface area contributed by atoms with Gasteiger partial charge < -0.3 is 14.2 Å². The first kappa shape index (κ1) is 30.8. The van der Waals surface area contributed by atoms with Gasteiger partial charge in [0, 0.05) is 0 Å². The molecule has 1 atom stereocenters. The molecule has 1 rings (SSSR count). The zero-order valence-corrected chi connectivity index (χ0v) is 21.5. The minimum atomic E-state index is -4.42. The summed E-state index contributed by atoms with van der Waals surface area (Å²) >= 11 is 0. The van der Waals surface area contributed by atoms with Gasteiger partial charge in [-0.05, 0) is 25.7 Å². The Morgan fingerprint density at radius 3 is 1.81 bits per heavy atom. The molecule has 0 bridgehead atoms. The summed E-state index contributed by atoms with van der Waals surface area (Å²) in [4.78, 5) is 1.77. The molecule has 1 aliphatic rings. The van der Waals surface area contributed by atoms with Crippen molar-refractivity contribution in [3.63, 3.8) is 0 Å². The Morgan fingerprint density at radius 1 is 0.839 bits per heavy atom. The van der Waals surface area contributed by atoms with E-state index in [2.05, 4.69) is 18.0 Å². The van der Waals surface area contributed by atoms with E-state index in [4.69, 9.17) is 4.74 Å². The Labute approximate surface area is 193 Å². The second kappa shape index (κ2) is 21.6. The van der Waals surface area contributed by atoms with Crippen molar-refractivity contribution in [1.82, 2.24) is 0 Å². The number of unbranched alkanes of at least 4 members (excludes halogenated alkanes) is 9. The van der Waals surface area contributed by atoms with Gasteiger partial charge in [0.1, 0.15) is 13.1 Å². The summed E-state index contributed by atoms with van der Waals surface area (Å²) in [5.74, 6) is 0.986. The molecule has 0 aromatic rings. The number of quaternary nitrogens is 1. The number of nitrogens with one attached hydrogen (secondary N) is 1. The van der Waals surface area contributed by atoms with E-state index in [9.17, 15) is 13.0 Å². The average molecular weight is 466 g/mol. The van der Waals surface area contributed by atoms with Gasteiger partial charge in [0.15, 0.2) is 0 Å². The highest BCUT2D eigenvalue weighted by Gasteiger charge is 2.14. The number of hydrogen-bond donors (Lipinski definition) is 1. The van der Waals surface area contributed by atoms with Crippen LogP contribution >= 0.6 is 0 Å². The fourth-order valence-electron chi connectivity index (χ4n) is 4.17. The van der Waals surface area contributed by atoms with Crippen molar-refractivity contribution >= 4 is 10.4 Å². The van der Waals surface area contributed by atoms with Crippen LogP contribution in [0.25, 0.3) is 0 Å². The SMILES string of the molecule is CCCCCCCCCCCCC(CC)CCC[NH+]1CCOCC1.CCOS(=O)(=O)[O-]. The van der Waals surface area contributed by atoms with Crippen LogP contribution in [0.3, 0.4) is 0 Å². The Hall–Kier alpha value is -0.210. The molecule has 0 saturated carbocycles. The molecule has 0 radical (unpaired) electrons. The van der Waals surface area contributed by atoms with Gasteiger partial charge in [-0.25, -0.2) is 8.42 Å². The first-order valence-electron chi connectivity index (χ1n) is 12.9. The van der Waals surface area contributed by atoms with Crippen molar-refractivity contribution in [1.29, 1.82) is 0 Å². The van der Waals surface area contributed by atoms with E-state index in [1.165, 1.54) is 116 Å². The summed E-state index contributed by atoms with van der Waals surface area (Å²) in [5.41, 5.74) is 0. The molecule has 1 aliphatic heterocycles. The summed E-state index contributed by atoms with van der Waals surface area (Å²) in [6, 6.07) is 0. The molecule has 1 N–H and O–H groups in total. The van der Waals surface area contributed by atoms with Crippen LogP contribution < -0.4 is 4.90 Å². The number of ether oxygens (including phenoxy) is 1. The minimum Gasteiger partial charge on any atom is -0.726 e. The van der Waals surface area contributed by atoms with Gasteiger partial charge in [-0.2, -0.15) is 0 Å². The lowest BCUT2D eigenvalue weighted by atomic mass is 9.93. The summed E-state index contributed by atoms with van der Waals surface area (Å²) in [6.45, 7) is 11.8. The molecule has 7 heteroatoms. The normalized spacial score (nSPS) is 16.0. The lowest BCUT2D eigenvalue weighted by Crippen LogP contribution is -3.14. The van der Waals surface area contributed by atoms with Gasteiger partial charge in [0.05, 0.1) is 26.4 Å². The van der Waals surface area contributed by atoms with E-state index in [1.54, 1.807) is 4.90 Å². The van der Waals surface area contributed by atoms with Crippen molar-refractivity contribution in [3.8, 4) is 0 Å². The molecule has 6 nitrogen and oxygen atoms in total. The molecular formula is C24H51NO5S. The van der Waals surface area contributed by atoms with Crippen molar-refractivity contribution in [2.24, 2.45) is 5.92 Å². The van der Waals surface area contributed by atoms with Crippen LogP contribution in [0.5, 0.6) is 0 Å². The van der Waals surface area contributed by atoms with Gasteiger partial charge in [0.25, 0.3) is 0 Å². The third-order valence-electron chi connectivity index (χ3n) is 6.15. The zero-order valence-electron chi connectivity index (χ0n) is 20.7. The van der Waals surface area contributed by atoms with Gasteiger partial charge in [-0.15, -0.1) is 0 Å². The molecule has 1 saturated heterocycles. The van der Waals surface area contributed by atoms with E-state index in [0.29, 0.717) is 0 Å². The maximum Gasteiger partial charge on any atom is 0.217 e. The summed E-state index contributed by atoms with van der Waals surface area (Å²) in [7, 11) is -4.42. The Morgan fingerprint density at radius 2 is 1.35 bits per heavy atom. The average Bonchev–Trinajstić information content (AvgIpc) is 2.74. The van der Waals surface area contributed by atoms with E-state index in [-0.39, 0.29) is 6.61 Å². The van der Waals surface area contributed by atoms with E-state index in [1.807, 2.05) is 0 Å². The second-order valence-corrected chi connectivity index (χ2v) is 9.87. The molecule has 0 aromatic carbocycles.